The van der Waals surface area contributed by atoms with E-state index in [1.165, 1.54) is 13.2 Å². The number of allylic oxidation sites excluding steroid dienone is 1. The lowest BCUT2D eigenvalue weighted by atomic mass is 9.81. The molecule has 1 unspecified atom stereocenters. The number of nitriles is 1. The summed E-state index contributed by atoms with van der Waals surface area (Å²) in [6, 6.07) is 12.9. The van der Waals surface area contributed by atoms with Crippen molar-refractivity contribution in [1.82, 2.24) is 0 Å². The number of nitro groups is 1. The number of esters is 2. The van der Waals surface area contributed by atoms with E-state index in [1.54, 1.807) is 30.3 Å². The van der Waals surface area contributed by atoms with Crippen LogP contribution in [0.5, 0.6) is 5.75 Å². The number of carbonyl (C=O) groups is 2. The lowest BCUT2D eigenvalue weighted by Gasteiger charge is -2.36. The van der Waals surface area contributed by atoms with Crippen molar-refractivity contribution in [2.24, 2.45) is 5.73 Å². The van der Waals surface area contributed by atoms with Gasteiger partial charge in [-0.05, 0) is 27.6 Å². The maximum Gasteiger partial charge on any atom is 0.355 e. The van der Waals surface area contributed by atoms with Crippen LogP contribution in [0.1, 0.15) is 11.5 Å². The van der Waals surface area contributed by atoms with Crippen LogP contribution < -0.4 is 15.4 Å². The fourth-order valence-electron chi connectivity index (χ4n) is 3.80. The molecular formula is C23H19BrN4O7. The zero-order valence-electron chi connectivity index (χ0n) is 18.8. The number of nitrogens with zero attached hydrogens (tertiary/aromatic N) is 3. The molecule has 0 saturated heterocycles. The zero-order chi connectivity index (χ0) is 25.9. The van der Waals surface area contributed by atoms with Gasteiger partial charge in [-0.3, -0.25) is 15.0 Å². The maximum absolute atomic E-state index is 13.1. The summed E-state index contributed by atoms with van der Waals surface area (Å²) < 4.78 is 15.2. The van der Waals surface area contributed by atoms with Crippen molar-refractivity contribution < 1.29 is 28.7 Å². The van der Waals surface area contributed by atoms with E-state index < -0.39 is 34.2 Å². The number of halogens is 1. The molecule has 0 aliphatic carbocycles. The van der Waals surface area contributed by atoms with Crippen LogP contribution in [0.4, 0.5) is 11.4 Å². The van der Waals surface area contributed by atoms with Crippen LogP contribution in [0.2, 0.25) is 0 Å². The van der Waals surface area contributed by atoms with E-state index in [2.05, 4.69) is 15.9 Å². The van der Waals surface area contributed by atoms with Gasteiger partial charge >= 0.3 is 11.9 Å². The molecule has 0 bridgehead atoms. The topological polar surface area (TPSA) is 158 Å². The number of anilines is 1. The number of ether oxygens (including phenoxy) is 3. The van der Waals surface area contributed by atoms with Crippen molar-refractivity contribution in [1.29, 1.82) is 5.26 Å². The normalized spacial score (nSPS) is 15.4. The first-order valence-corrected chi connectivity index (χ1v) is 10.7. The van der Waals surface area contributed by atoms with Gasteiger partial charge in [0.25, 0.3) is 5.69 Å². The number of hydrogen-bond donors (Lipinski definition) is 1. The van der Waals surface area contributed by atoms with E-state index >= 15 is 0 Å². The lowest BCUT2D eigenvalue weighted by molar-refractivity contribution is -0.384. The SMILES string of the molecule is COC(=O)C1=C(C(=O)OC)N(c2c([N+](=O)[O-])ccc(OC)c2Br)C(N)=C(C#N)C1c1ccccc1. The Balaban J connectivity index is 2.55. The minimum Gasteiger partial charge on any atom is -0.495 e. The third-order valence-electron chi connectivity index (χ3n) is 5.31. The lowest BCUT2D eigenvalue weighted by Crippen LogP contribution is -2.41. The van der Waals surface area contributed by atoms with E-state index in [0.717, 1.165) is 25.2 Å². The van der Waals surface area contributed by atoms with Crippen molar-refractivity contribution in [3.05, 3.63) is 85.3 Å². The third-order valence-corrected chi connectivity index (χ3v) is 6.08. The van der Waals surface area contributed by atoms with Gasteiger partial charge < -0.3 is 19.9 Å². The monoisotopic (exact) mass is 542 g/mol. The summed E-state index contributed by atoms with van der Waals surface area (Å²) in [5, 5.41) is 22.0. The Labute approximate surface area is 208 Å². The fourth-order valence-corrected chi connectivity index (χ4v) is 4.47. The molecule has 0 saturated carbocycles. The Morgan fingerprint density at radius 1 is 1.11 bits per heavy atom. The average molecular weight is 543 g/mol. The molecule has 1 atom stereocenters. The quantitative estimate of drug-likeness (QED) is 0.326. The minimum absolute atomic E-state index is 0.0539. The molecule has 1 heterocycles. The molecule has 0 spiro atoms. The largest absolute Gasteiger partial charge is 0.495 e. The number of carbonyl (C=O) groups excluding carboxylic acids is 2. The highest BCUT2D eigenvalue weighted by Gasteiger charge is 2.45. The Bertz CT molecular complexity index is 1320. The highest BCUT2D eigenvalue weighted by Crippen LogP contribution is 2.49. The molecule has 2 N–H and O–H groups in total. The summed E-state index contributed by atoms with van der Waals surface area (Å²) in [6.07, 6.45) is 0. The Morgan fingerprint density at radius 2 is 1.74 bits per heavy atom. The van der Waals surface area contributed by atoms with Crippen molar-refractivity contribution in [2.75, 3.05) is 26.2 Å². The molecule has 12 heteroatoms. The summed E-state index contributed by atoms with van der Waals surface area (Å²) in [5.41, 5.74) is 5.30. The molecule has 3 rings (SSSR count). The first-order chi connectivity index (χ1) is 16.7. The fraction of sp³-hybridized carbons (Fsp3) is 0.174. The van der Waals surface area contributed by atoms with E-state index in [1.807, 2.05) is 6.07 Å². The van der Waals surface area contributed by atoms with Gasteiger partial charge in [-0.25, -0.2) is 9.59 Å². The zero-order valence-corrected chi connectivity index (χ0v) is 20.4. The highest BCUT2D eigenvalue weighted by atomic mass is 79.9. The standard InChI is InChI=1S/C23H19BrN4O7/c1-33-15-10-9-14(28(31)32)19(18(15)24)27-20(23(30)35-3)17(22(29)34-2)16(13(11-25)21(27)26)12-7-5-4-6-8-12/h4-10,16H,26H2,1-3H3. The second-order valence-electron chi connectivity index (χ2n) is 7.04. The Kier molecular flexibility index (Phi) is 7.41. The molecule has 0 radical (unpaired) electrons. The molecule has 35 heavy (non-hydrogen) atoms. The van der Waals surface area contributed by atoms with E-state index in [4.69, 9.17) is 19.9 Å². The Hall–Kier alpha value is -4.37. The summed E-state index contributed by atoms with van der Waals surface area (Å²) in [6.45, 7) is 0. The second kappa shape index (κ2) is 10.3. The predicted molar refractivity (Wildman–Crippen MR) is 127 cm³/mol. The third kappa shape index (κ3) is 4.29. The Morgan fingerprint density at radius 3 is 2.26 bits per heavy atom. The summed E-state index contributed by atoms with van der Waals surface area (Å²) in [5.74, 6) is -3.23. The van der Waals surface area contributed by atoms with Gasteiger partial charge in [0.2, 0.25) is 0 Å². The number of methoxy groups -OCH3 is 3. The predicted octanol–water partition coefficient (Wildman–Crippen LogP) is 3.26. The van der Waals surface area contributed by atoms with Gasteiger partial charge in [-0.15, -0.1) is 0 Å². The van der Waals surface area contributed by atoms with Crippen molar-refractivity contribution >= 4 is 39.2 Å². The van der Waals surface area contributed by atoms with Crippen molar-refractivity contribution in [3.8, 4) is 11.8 Å². The number of nitrogens with two attached hydrogens (primary N) is 1. The van der Waals surface area contributed by atoms with Gasteiger partial charge in [0.05, 0.1) is 53.9 Å². The van der Waals surface area contributed by atoms with Crippen LogP contribution in [0.25, 0.3) is 0 Å². The highest BCUT2D eigenvalue weighted by molar-refractivity contribution is 9.10. The van der Waals surface area contributed by atoms with E-state index in [9.17, 15) is 25.0 Å². The molecule has 0 amide bonds. The number of rotatable bonds is 6. The van der Waals surface area contributed by atoms with Crippen LogP contribution >= 0.6 is 15.9 Å². The first kappa shape index (κ1) is 25.3. The maximum atomic E-state index is 13.1. The first-order valence-electron chi connectivity index (χ1n) is 9.89. The number of nitro benzene ring substituents is 1. The molecule has 2 aromatic carbocycles. The van der Waals surface area contributed by atoms with E-state index in [0.29, 0.717) is 5.56 Å². The minimum atomic E-state index is -1.11. The van der Waals surface area contributed by atoms with Gasteiger partial charge in [0.15, 0.2) is 0 Å². The second-order valence-corrected chi connectivity index (χ2v) is 7.83. The molecule has 180 valence electrons. The van der Waals surface area contributed by atoms with Crippen LogP contribution in [0.3, 0.4) is 0 Å². The van der Waals surface area contributed by atoms with Crippen LogP contribution in [0.15, 0.2) is 69.6 Å². The summed E-state index contributed by atoms with van der Waals surface area (Å²) >= 11 is 3.28. The molecule has 2 aromatic rings. The molecule has 1 aliphatic rings. The molecule has 11 nitrogen and oxygen atoms in total. The van der Waals surface area contributed by atoms with Crippen molar-refractivity contribution in [2.45, 2.75) is 5.92 Å². The van der Waals surface area contributed by atoms with Gasteiger partial charge in [-0.1, -0.05) is 30.3 Å². The molecule has 0 aromatic heterocycles. The number of hydrogen-bond acceptors (Lipinski definition) is 10. The number of benzene rings is 2. The van der Waals surface area contributed by atoms with Crippen LogP contribution in [-0.4, -0.2) is 38.2 Å². The van der Waals surface area contributed by atoms with Crippen LogP contribution in [-0.2, 0) is 19.1 Å². The van der Waals surface area contributed by atoms with Gasteiger partial charge in [0.1, 0.15) is 23.0 Å². The molecular weight excluding hydrogens is 524 g/mol. The summed E-state index contributed by atoms with van der Waals surface area (Å²) in [7, 11) is 3.52. The van der Waals surface area contributed by atoms with Gasteiger partial charge in [0, 0.05) is 6.07 Å². The average Bonchev–Trinajstić information content (AvgIpc) is 2.87. The molecule has 0 fully saturated rings. The van der Waals surface area contributed by atoms with E-state index in [-0.39, 0.29) is 32.9 Å². The molecule has 1 aliphatic heterocycles. The van der Waals surface area contributed by atoms with Gasteiger partial charge in [-0.2, -0.15) is 5.26 Å². The summed E-state index contributed by atoms with van der Waals surface area (Å²) in [4.78, 5) is 38.4. The van der Waals surface area contributed by atoms with Crippen molar-refractivity contribution in [3.63, 3.8) is 0 Å². The van der Waals surface area contributed by atoms with Crippen LogP contribution in [0, 0.1) is 21.4 Å². The smallest absolute Gasteiger partial charge is 0.355 e.